The SMILES string of the molecule is CB(O)N1CCC(CCNC(C(=O)NCCc2ccncc2)c2ccc(O)cc2)CC1. The molecule has 1 amide bonds. The Labute approximate surface area is 185 Å². The van der Waals surface area contributed by atoms with Gasteiger partial charge in [-0.05, 0) is 93.5 Å². The number of carbonyl (C=O) groups excluding carboxylic acids is 1. The molecule has 166 valence electrons. The van der Waals surface area contributed by atoms with Crippen LogP contribution in [0.1, 0.15) is 36.4 Å². The van der Waals surface area contributed by atoms with Gasteiger partial charge in [0.25, 0.3) is 0 Å². The van der Waals surface area contributed by atoms with Crippen molar-refractivity contribution < 1.29 is 14.9 Å². The van der Waals surface area contributed by atoms with Crippen LogP contribution in [0.25, 0.3) is 0 Å². The molecule has 2 heterocycles. The highest BCUT2D eigenvalue weighted by atomic mass is 16.3. The zero-order chi connectivity index (χ0) is 22.1. The minimum Gasteiger partial charge on any atom is -0.508 e. The Morgan fingerprint density at radius 1 is 1.16 bits per heavy atom. The first-order valence-electron chi connectivity index (χ1n) is 11.1. The van der Waals surface area contributed by atoms with E-state index < -0.39 is 6.04 Å². The predicted octanol–water partition coefficient (Wildman–Crippen LogP) is 1.99. The quantitative estimate of drug-likeness (QED) is 0.436. The maximum absolute atomic E-state index is 12.9. The van der Waals surface area contributed by atoms with Gasteiger partial charge in [0.1, 0.15) is 11.8 Å². The van der Waals surface area contributed by atoms with E-state index in [9.17, 15) is 14.9 Å². The molecule has 2 aromatic rings. The molecule has 1 atom stereocenters. The van der Waals surface area contributed by atoms with Gasteiger partial charge in [-0.3, -0.25) is 9.78 Å². The number of piperidine rings is 1. The number of rotatable bonds is 10. The van der Waals surface area contributed by atoms with Crippen molar-refractivity contribution in [1.29, 1.82) is 0 Å². The number of aromatic nitrogens is 1. The first kappa shape index (κ1) is 23.3. The summed E-state index contributed by atoms with van der Waals surface area (Å²) in [5.41, 5.74) is 1.97. The lowest BCUT2D eigenvalue weighted by Crippen LogP contribution is -2.43. The second kappa shape index (κ2) is 11.8. The molecular formula is C23H33BN4O3. The number of pyridine rings is 1. The predicted molar refractivity (Wildman–Crippen MR) is 123 cm³/mol. The summed E-state index contributed by atoms with van der Waals surface area (Å²) in [6, 6.07) is 10.2. The van der Waals surface area contributed by atoms with Gasteiger partial charge in [0, 0.05) is 18.9 Å². The summed E-state index contributed by atoms with van der Waals surface area (Å²) in [7, 11) is -0.381. The average molecular weight is 424 g/mol. The summed E-state index contributed by atoms with van der Waals surface area (Å²) in [4.78, 5) is 19.0. The van der Waals surface area contributed by atoms with Crippen LogP contribution in [0.5, 0.6) is 5.75 Å². The molecule has 7 nitrogen and oxygen atoms in total. The number of hydrogen-bond donors (Lipinski definition) is 4. The summed E-state index contributed by atoms with van der Waals surface area (Å²) in [5, 5.41) is 25.8. The summed E-state index contributed by atoms with van der Waals surface area (Å²) in [6.45, 7) is 4.94. The third-order valence-corrected chi connectivity index (χ3v) is 6.03. The van der Waals surface area contributed by atoms with Crippen LogP contribution in [0.3, 0.4) is 0 Å². The minimum absolute atomic E-state index is 0.0660. The fourth-order valence-electron chi connectivity index (χ4n) is 4.06. The molecule has 1 aliphatic rings. The number of phenols is 1. The van der Waals surface area contributed by atoms with E-state index in [0.717, 1.165) is 56.4 Å². The Bertz CT molecular complexity index is 796. The molecule has 1 aromatic carbocycles. The van der Waals surface area contributed by atoms with Crippen molar-refractivity contribution in [2.24, 2.45) is 5.92 Å². The van der Waals surface area contributed by atoms with Crippen LogP contribution in [0, 0.1) is 5.92 Å². The number of amides is 1. The highest BCUT2D eigenvalue weighted by Crippen LogP contribution is 2.22. The largest absolute Gasteiger partial charge is 0.508 e. The van der Waals surface area contributed by atoms with Gasteiger partial charge in [0.2, 0.25) is 5.91 Å². The molecule has 0 aliphatic carbocycles. The molecule has 8 heteroatoms. The number of nitrogens with zero attached hydrogens (tertiary/aromatic N) is 2. The van der Waals surface area contributed by atoms with E-state index in [4.69, 9.17) is 0 Å². The lowest BCUT2D eigenvalue weighted by molar-refractivity contribution is -0.123. The van der Waals surface area contributed by atoms with E-state index in [-0.39, 0.29) is 18.7 Å². The molecular weight excluding hydrogens is 391 g/mol. The Kier molecular flexibility index (Phi) is 8.88. The number of nitrogens with one attached hydrogen (secondary N) is 2. The number of phenolic OH excluding ortho intramolecular Hbond substituents is 1. The van der Waals surface area contributed by atoms with Crippen LogP contribution in [0.2, 0.25) is 6.82 Å². The molecule has 0 spiro atoms. The molecule has 1 aliphatic heterocycles. The lowest BCUT2D eigenvalue weighted by Gasteiger charge is -2.32. The first-order valence-corrected chi connectivity index (χ1v) is 11.1. The fourth-order valence-corrected chi connectivity index (χ4v) is 4.06. The summed E-state index contributed by atoms with van der Waals surface area (Å²) in [6.07, 6.45) is 7.38. The number of carbonyl (C=O) groups is 1. The van der Waals surface area contributed by atoms with Gasteiger partial charge in [-0.25, -0.2) is 0 Å². The standard InChI is InChI=1S/C23H33BN4O3/c1-24(31)28-16-10-19(11-17-28)8-14-26-22(20-2-4-21(29)5-3-20)23(30)27-15-9-18-6-12-25-13-7-18/h2-7,12-13,19,22,26,29,31H,8-11,14-17H2,1H3,(H,27,30). The highest BCUT2D eigenvalue weighted by molar-refractivity contribution is 6.45. The van der Waals surface area contributed by atoms with Gasteiger partial charge >= 0.3 is 7.05 Å². The molecule has 1 saturated heterocycles. The Balaban J connectivity index is 1.51. The zero-order valence-corrected chi connectivity index (χ0v) is 18.2. The Morgan fingerprint density at radius 3 is 2.48 bits per heavy atom. The molecule has 0 saturated carbocycles. The third-order valence-electron chi connectivity index (χ3n) is 6.03. The second-order valence-corrected chi connectivity index (χ2v) is 8.28. The van der Waals surface area contributed by atoms with Crippen LogP contribution in [0.4, 0.5) is 0 Å². The zero-order valence-electron chi connectivity index (χ0n) is 18.2. The number of aromatic hydroxyl groups is 1. The molecule has 0 radical (unpaired) electrons. The molecule has 1 unspecified atom stereocenters. The van der Waals surface area contributed by atoms with Crippen molar-refractivity contribution in [2.75, 3.05) is 26.2 Å². The number of benzene rings is 1. The first-order chi connectivity index (χ1) is 15.0. The maximum Gasteiger partial charge on any atom is 0.376 e. The second-order valence-electron chi connectivity index (χ2n) is 8.28. The van der Waals surface area contributed by atoms with E-state index in [1.165, 1.54) is 0 Å². The molecule has 31 heavy (non-hydrogen) atoms. The van der Waals surface area contributed by atoms with Crippen molar-refractivity contribution in [3.05, 3.63) is 59.9 Å². The maximum atomic E-state index is 12.9. The van der Waals surface area contributed by atoms with Crippen LogP contribution < -0.4 is 10.6 Å². The van der Waals surface area contributed by atoms with Gasteiger partial charge < -0.3 is 25.6 Å². The van der Waals surface area contributed by atoms with Crippen molar-refractivity contribution in [1.82, 2.24) is 20.4 Å². The van der Waals surface area contributed by atoms with E-state index in [2.05, 4.69) is 20.4 Å². The van der Waals surface area contributed by atoms with Crippen molar-refractivity contribution in [3.8, 4) is 5.75 Å². The molecule has 3 rings (SSSR count). The number of hydrogen-bond acceptors (Lipinski definition) is 6. The minimum atomic E-state index is -0.462. The van der Waals surface area contributed by atoms with Crippen LogP contribution in [-0.2, 0) is 11.2 Å². The van der Waals surface area contributed by atoms with Crippen molar-refractivity contribution >= 4 is 13.0 Å². The monoisotopic (exact) mass is 424 g/mol. The van der Waals surface area contributed by atoms with E-state index >= 15 is 0 Å². The highest BCUT2D eigenvalue weighted by Gasteiger charge is 2.25. The molecule has 1 aromatic heterocycles. The fraction of sp³-hybridized carbons (Fsp3) is 0.478. The topological polar surface area (TPSA) is 97.7 Å². The van der Waals surface area contributed by atoms with Crippen LogP contribution >= 0.6 is 0 Å². The van der Waals surface area contributed by atoms with Gasteiger partial charge in [-0.1, -0.05) is 12.1 Å². The van der Waals surface area contributed by atoms with Crippen LogP contribution in [0.15, 0.2) is 48.8 Å². The van der Waals surface area contributed by atoms with Crippen LogP contribution in [-0.4, -0.2) is 59.1 Å². The van der Waals surface area contributed by atoms with Crippen molar-refractivity contribution in [2.45, 2.75) is 38.5 Å². The lowest BCUT2D eigenvalue weighted by atomic mass is 9.80. The molecule has 1 fully saturated rings. The van der Waals surface area contributed by atoms with Gasteiger partial charge in [-0.2, -0.15) is 0 Å². The normalized spacial score (nSPS) is 16.1. The van der Waals surface area contributed by atoms with Gasteiger partial charge in [0.15, 0.2) is 0 Å². The Hall–Kier alpha value is -2.42. The van der Waals surface area contributed by atoms with Crippen molar-refractivity contribution in [3.63, 3.8) is 0 Å². The summed E-state index contributed by atoms with van der Waals surface area (Å²) >= 11 is 0. The third kappa shape index (κ3) is 7.34. The molecule has 0 bridgehead atoms. The Morgan fingerprint density at radius 2 is 1.84 bits per heavy atom. The smallest absolute Gasteiger partial charge is 0.376 e. The van der Waals surface area contributed by atoms with E-state index in [1.807, 2.05) is 19.0 Å². The summed E-state index contributed by atoms with van der Waals surface area (Å²) in [5.74, 6) is 0.715. The van der Waals surface area contributed by atoms with E-state index in [1.54, 1.807) is 36.7 Å². The van der Waals surface area contributed by atoms with Gasteiger partial charge in [-0.15, -0.1) is 0 Å². The average Bonchev–Trinajstić information content (AvgIpc) is 2.78. The molecule has 4 N–H and O–H groups in total. The van der Waals surface area contributed by atoms with Gasteiger partial charge in [0.05, 0.1) is 0 Å². The summed E-state index contributed by atoms with van der Waals surface area (Å²) < 4.78 is 0. The van der Waals surface area contributed by atoms with E-state index in [0.29, 0.717) is 12.5 Å².